The van der Waals surface area contributed by atoms with Crippen LogP contribution < -0.4 is 5.32 Å². The molecule has 2 rings (SSSR count). The molecule has 1 aliphatic carbocycles. The number of hydrogen-bond acceptors (Lipinski definition) is 3. The lowest BCUT2D eigenvalue weighted by atomic mass is 10.1. The highest BCUT2D eigenvalue weighted by atomic mass is 19.1. The lowest BCUT2D eigenvalue weighted by molar-refractivity contribution is -0.140. The number of hydrogen-bond donors (Lipinski definition) is 1. The summed E-state index contributed by atoms with van der Waals surface area (Å²) in [5.41, 5.74) is 0.981. The largest absolute Gasteiger partial charge is 0.469 e. The van der Waals surface area contributed by atoms with E-state index in [0.29, 0.717) is 0 Å². The molecule has 2 atom stereocenters. The lowest BCUT2D eigenvalue weighted by Gasteiger charge is -2.04. The molecule has 1 aromatic carbocycles. The molecule has 1 N–H and O–H groups in total. The average molecular weight is 265 g/mol. The summed E-state index contributed by atoms with van der Waals surface area (Å²) in [5.74, 6) is -0.574. The summed E-state index contributed by atoms with van der Waals surface area (Å²) in [6.45, 7) is 0.290. The molecule has 0 saturated heterocycles. The van der Waals surface area contributed by atoms with Gasteiger partial charge in [0.05, 0.1) is 13.5 Å². The molecule has 0 radical (unpaired) electrons. The highest BCUT2D eigenvalue weighted by Gasteiger charge is 2.43. The Morgan fingerprint density at radius 3 is 2.68 bits per heavy atom. The Labute approximate surface area is 110 Å². The highest BCUT2D eigenvalue weighted by Crippen LogP contribution is 2.47. The van der Waals surface area contributed by atoms with Gasteiger partial charge in [-0.05, 0) is 30.0 Å². The second kappa shape index (κ2) is 5.82. The van der Waals surface area contributed by atoms with Crippen LogP contribution in [-0.4, -0.2) is 25.5 Å². The molecule has 0 heterocycles. The Kier molecular flexibility index (Phi) is 4.14. The van der Waals surface area contributed by atoms with E-state index in [1.165, 1.54) is 19.2 Å². The summed E-state index contributed by atoms with van der Waals surface area (Å²) in [5, 5.41) is 2.71. The summed E-state index contributed by atoms with van der Waals surface area (Å²) in [7, 11) is 1.32. The van der Waals surface area contributed by atoms with Crippen molar-refractivity contribution < 1.29 is 18.7 Å². The highest BCUT2D eigenvalue weighted by molar-refractivity contribution is 5.83. The summed E-state index contributed by atoms with van der Waals surface area (Å²) >= 11 is 0. The normalized spacial score (nSPS) is 20.7. The number of amides is 1. The molecule has 0 aliphatic heterocycles. The first kappa shape index (κ1) is 13.5. The van der Waals surface area contributed by atoms with Crippen molar-refractivity contribution in [2.75, 3.05) is 13.7 Å². The molecule has 1 fully saturated rings. The van der Waals surface area contributed by atoms with Crippen molar-refractivity contribution in [3.8, 4) is 0 Å². The first-order chi connectivity index (χ1) is 9.11. The molecule has 102 valence electrons. The summed E-state index contributed by atoms with van der Waals surface area (Å²) in [6, 6.07) is 6.23. The van der Waals surface area contributed by atoms with E-state index in [0.717, 1.165) is 12.0 Å². The Morgan fingerprint density at radius 2 is 2.05 bits per heavy atom. The third-order valence-electron chi connectivity index (χ3n) is 3.28. The molecule has 0 aromatic heterocycles. The molecule has 0 bridgehead atoms. The standard InChI is InChI=1S/C14H16FNO3/c1-19-13(17)6-7-16-14(18)12-8-11(12)9-2-4-10(15)5-3-9/h2-5,11-12H,6-8H2,1H3,(H,16,18). The van der Waals surface area contributed by atoms with Crippen LogP contribution in [0.4, 0.5) is 4.39 Å². The maximum Gasteiger partial charge on any atom is 0.307 e. The van der Waals surface area contributed by atoms with Crippen LogP contribution in [0.1, 0.15) is 24.3 Å². The molecule has 4 nitrogen and oxygen atoms in total. The van der Waals surface area contributed by atoms with Gasteiger partial charge in [-0.15, -0.1) is 0 Å². The van der Waals surface area contributed by atoms with Crippen molar-refractivity contribution in [2.45, 2.75) is 18.8 Å². The number of nitrogens with one attached hydrogen (secondary N) is 1. The minimum Gasteiger partial charge on any atom is -0.469 e. The fourth-order valence-corrected chi connectivity index (χ4v) is 2.08. The van der Waals surface area contributed by atoms with E-state index in [2.05, 4.69) is 10.1 Å². The maximum absolute atomic E-state index is 12.8. The zero-order valence-electron chi connectivity index (χ0n) is 10.7. The Morgan fingerprint density at radius 1 is 1.37 bits per heavy atom. The van der Waals surface area contributed by atoms with Crippen LogP contribution in [0.15, 0.2) is 24.3 Å². The smallest absolute Gasteiger partial charge is 0.307 e. The molecule has 1 amide bonds. The van der Waals surface area contributed by atoms with Crippen LogP contribution >= 0.6 is 0 Å². The Hall–Kier alpha value is -1.91. The fourth-order valence-electron chi connectivity index (χ4n) is 2.08. The molecular formula is C14H16FNO3. The first-order valence-corrected chi connectivity index (χ1v) is 6.22. The quantitative estimate of drug-likeness (QED) is 0.823. The van der Waals surface area contributed by atoms with Crippen LogP contribution in [0.25, 0.3) is 0 Å². The molecule has 1 saturated carbocycles. The number of carbonyl (C=O) groups is 2. The van der Waals surface area contributed by atoms with Gasteiger partial charge in [0, 0.05) is 12.5 Å². The molecule has 1 aliphatic rings. The van der Waals surface area contributed by atoms with Gasteiger partial charge in [0.25, 0.3) is 0 Å². The van der Waals surface area contributed by atoms with Gasteiger partial charge in [-0.3, -0.25) is 9.59 Å². The topological polar surface area (TPSA) is 55.4 Å². The van der Waals surface area contributed by atoms with E-state index < -0.39 is 0 Å². The monoisotopic (exact) mass is 265 g/mol. The Balaban J connectivity index is 1.77. The third kappa shape index (κ3) is 3.53. The second-order valence-electron chi connectivity index (χ2n) is 4.62. The summed E-state index contributed by atoms with van der Waals surface area (Å²) in [6.07, 6.45) is 0.950. The zero-order valence-corrected chi connectivity index (χ0v) is 10.7. The van der Waals surface area contributed by atoms with Gasteiger partial charge in [0.2, 0.25) is 5.91 Å². The number of rotatable bonds is 5. The van der Waals surface area contributed by atoms with Crippen LogP contribution in [-0.2, 0) is 14.3 Å². The predicted octanol–water partition coefficient (Wildman–Crippen LogP) is 1.61. The maximum atomic E-state index is 12.8. The van der Waals surface area contributed by atoms with Gasteiger partial charge >= 0.3 is 5.97 Å². The van der Waals surface area contributed by atoms with Crippen molar-refractivity contribution in [3.05, 3.63) is 35.6 Å². The predicted molar refractivity (Wildman–Crippen MR) is 66.9 cm³/mol. The molecule has 1 aromatic rings. The van der Waals surface area contributed by atoms with Crippen LogP contribution in [0, 0.1) is 11.7 Å². The van der Waals surface area contributed by atoms with Gasteiger partial charge < -0.3 is 10.1 Å². The molecular weight excluding hydrogens is 249 g/mol. The van der Waals surface area contributed by atoms with Gasteiger partial charge in [-0.1, -0.05) is 12.1 Å². The average Bonchev–Trinajstić information content (AvgIpc) is 3.19. The van der Waals surface area contributed by atoms with Crippen molar-refractivity contribution >= 4 is 11.9 Å². The second-order valence-corrected chi connectivity index (χ2v) is 4.62. The number of methoxy groups -OCH3 is 1. The van der Waals surface area contributed by atoms with E-state index in [4.69, 9.17) is 0 Å². The Bertz CT molecular complexity index is 472. The van der Waals surface area contributed by atoms with E-state index in [9.17, 15) is 14.0 Å². The van der Waals surface area contributed by atoms with Crippen LogP contribution in [0.3, 0.4) is 0 Å². The number of carbonyl (C=O) groups excluding carboxylic acids is 2. The minimum atomic E-state index is -0.341. The van der Waals surface area contributed by atoms with E-state index in [1.54, 1.807) is 12.1 Å². The zero-order chi connectivity index (χ0) is 13.8. The van der Waals surface area contributed by atoms with Gasteiger partial charge in [0.15, 0.2) is 0 Å². The molecule has 0 spiro atoms. The SMILES string of the molecule is COC(=O)CCNC(=O)C1CC1c1ccc(F)cc1. The molecule has 5 heteroatoms. The summed E-state index contributed by atoms with van der Waals surface area (Å²) < 4.78 is 17.3. The van der Waals surface area contributed by atoms with Crippen LogP contribution in [0.2, 0.25) is 0 Å². The minimum absolute atomic E-state index is 0.0572. The van der Waals surface area contributed by atoms with Crippen molar-refractivity contribution in [3.63, 3.8) is 0 Å². The van der Waals surface area contributed by atoms with Crippen molar-refractivity contribution in [1.29, 1.82) is 0 Å². The number of ether oxygens (including phenoxy) is 1. The molecule has 19 heavy (non-hydrogen) atoms. The van der Waals surface area contributed by atoms with Gasteiger partial charge in [-0.2, -0.15) is 0 Å². The number of halogens is 1. The van der Waals surface area contributed by atoms with Gasteiger partial charge in [-0.25, -0.2) is 4.39 Å². The molecule has 2 unspecified atom stereocenters. The van der Waals surface area contributed by atoms with Gasteiger partial charge in [0.1, 0.15) is 5.82 Å². The van der Waals surface area contributed by atoms with Crippen molar-refractivity contribution in [1.82, 2.24) is 5.32 Å². The van der Waals surface area contributed by atoms with E-state index in [1.807, 2.05) is 0 Å². The van der Waals surface area contributed by atoms with E-state index in [-0.39, 0.29) is 42.5 Å². The fraction of sp³-hybridized carbons (Fsp3) is 0.429. The number of benzene rings is 1. The third-order valence-corrected chi connectivity index (χ3v) is 3.28. The van der Waals surface area contributed by atoms with E-state index >= 15 is 0 Å². The first-order valence-electron chi connectivity index (χ1n) is 6.22. The van der Waals surface area contributed by atoms with Crippen molar-refractivity contribution in [2.24, 2.45) is 5.92 Å². The van der Waals surface area contributed by atoms with Crippen LogP contribution in [0.5, 0.6) is 0 Å². The lowest BCUT2D eigenvalue weighted by Crippen LogP contribution is -2.28. The number of esters is 1. The summed E-state index contributed by atoms with van der Waals surface area (Å²) in [4.78, 5) is 22.7.